The van der Waals surface area contributed by atoms with Crippen LogP contribution in [0.1, 0.15) is 5.56 Å². The van der Waals surface area contributed by atoms with Crippen LogP contribution < -0.4 is 0 Å². The zero-order chi connectivity index (χ0) is 10.7. The topological polar surface area (TPSA) is 49.6 Å². The van der Waals surface area contributed by atoms with E-state index in [1.165, 1.54) is 0 Å². The van der Waals surface area contributed by atoms with Gasteiger partial charge in [-0.15, -0.1) is 10.2 Å². The first-order valence-corrected chi connectivity index (χ1v) is 4.68. The van der Waals surface area contributed by atoms with Gasteiger partial charge in [0.25, 0.3) is 0 Å². The van der Waals surface area contributed by atoms with Crippen LogP contribution in [0.4, 0.5) is 0 Å². The van der Waals surface area contributed by atoms with E-state index in [0.29, 0.717) is 11.3 Å². The summed E-state index contributed by atoms with van der Waals surface area (Å²) in [5, 5.41) is 16.6. The maximum atomic E-state index is 8.79. The predicted molar refractivity (Wildman–Crippen MR) is 57.2 cm³/mol. The summed E-state index contributed by atoms with van der Waals surface area (Å²) in [4.78, 5) is 0. The van der Waals surface area contributed by atoms with Crippen molar-refractivity contribution in [2.24, 2.45) is 0 Å². The van der Waals surface area contributed by atoms with Gasteiger partial charge in [-0.25, -0.2) is 0 Å². The number of halogens is 1. The highest BCUT2D eigenvalue weighted by atomic mass is 35.5. The molecule has 0 aliphatic rings. The summed E-state index contributed by atoms with van der Waals surface area (Å²) >= 11 is 5.69. The van der Waals surface area contributed by atoms with Crippen LogP contribution in [-0.2, 0) is 0 Å². The third-order valence-electron chi connectivity index (χ3n) is 1.94. The van der Waals surface area contributed by atoms with Crippen molar-refractivity contribution >= 4 is 11.6 Å². The van der Waals surface area contributed by atoms with Crippen molar-refractivity contribution in [3.63, 3.8) is 0 Å². The summed E-state index contributed by atoms with van der Waals surface area (Å²) in [6.07, 6.45) is 0. The summed E-state index contributed by atoms with van der Waals surface area (Å²) in [6.45, 7) is 0. The monoisotopic (exact) mass is 215 g/mol. The van der Waals surface area contributed by atoms with Crippen LogP contribution in [0.25, 0.3) is 11.3 Å². The van der Waals surface area contributed by atoms with E-state index in [4.69, 9.17) is 16.9 Å². The molecule has 0 radical (unpaired) electrons. The molecule has 0 aliphatic carbocycles. The second-order valence-electron chi connectivity index (χ2n) is 2.91. The predicted octanol–water partition coefficient (Wildman–Crippen LogP) is 2.67. The van der Waals surface area contributed by atoms with Crippen LogP contribution in [0.2, 0.25) is 5.15 Å². The summed E-state index contributed by atoms with van der Waals surface area (Å²) in [5.74, 6) is 0. The first kappa shape index (κ1) is 9.63. The molecule has 0 aliphatic heterocycles. The van der Waals surface area contributed by atoms with Gasteiger partial charge in [0.1, 0.15) is 6.07 Å². The summed E-state index contributed by atoms with van der Waals surface area (Å²) < 4.78 is 0. The van der Waals surface area contributed by atoms with E-state index in [1.807, 2.05) is 36.4 Å². The molecule has 0 atom stereocenters. The highest BCUT2D eigenvalue weighted by Crippen LogP contribution is 2.19. The zero-order valence-electron chi connectivity index (χ0n) is 7.68. The number of hydrogen-bond donors (Lipinski definition) is 0. The van der Waals surface area contributed by atoms with Crippen LogP contribution in [-0.4, -0.2) is 10.2 Å². The van der Waals surface area contributed by atoms with E-state index >= 15 is 0 Å². The summed E-state index contributed by atoms with van der Waals surface area (Å²) in [5.41, 5.74) is 1.90. The molecular formula is C11H6ClN3. The lowest BCUT2D eigenvalue weighted by molar-refractivity contribution is 1.03. The lowest BCUT2D eigenvalue weighted by atomic mass is 10.1. The number of hydrogen-bond acceptors (Lipinski definition) is 3. The molecule has 2 rings (SSSR count). The van der Waals surface area contributed by atoms with Gasteiger partial charge >= 0.3 is 0 Å². The van der Waals surface area contributed by atoms with Gasteiger partial charge in [-0.05, 0) is 6.07 Å². The van der Waals surface area contributed by atoms with Crippen LogP contribution in [0, 0.1) is 11.3 Å². The van der Waals surface area contributed by atoms with Gasteiger partial charge in [-0.1, -0.05) is 41.9 Å². The lowest BCUT2D eigenvalue weighted by Gasteiger charge is -2.00. The van der Waals surface area contributed by atoms with Crippen molar-refractivity contribution in [2.45, 2.75) is 0 Å². The fourth-order valence-electron chi connectivity index (χ4n) is 1.21. The normalized spacial score (nSPS) is 9.60. The average Bonchev–Trinajstić information content (AvgIpc) is 2.31. The maximum Gasteiger partial charge on any atom is 0.169 e. The first-order chi connectivity index (χ1) is 7.31. The fraction of sp³-hybridized carbons (Fsp3) is 0. The zero-order valence-corrected chi connectivity index (χ0v) is 8.44. The van der Waals surface area contributed by atoms with E-state index < -0.39 is 0 Å². The quantitative estimate of drug-likeness (QED) is 0.735. The molecule has 0 amide bonds. The highest BCUT2D eigenvalue weighted by Gasteiger charge is 2.05. The third-order valence-corrected chi connectivity index (χ3v) is 2.22. The summed E-state index contributed by atoms with van der Waals surface area (Å²) in [7, 11) is 0. The Morgan fingerprint density at radius 1 is 1.13 bits per heavy atom. The second kappa shape index (κ2) is 4.07. The Hall–Kier alpha value is -1.92. The van der Waals surface area contributed by atoms with Crippen molar-refractivity contribution in [1.29, 1.82) is 5.26 Å². The number of nitrogens with zero attached hydrogens (tertiary/aromatic N) is 3. The van der Waals surface area contributed by atoms with Gasteiger partial charge in [-0.3, -0.25) is 0 Å². The Kier molecular flexibility index (Phi) is 2.61. The van der Waals surface area contributed by atoms with Crippen LogP contribution in [0.15, 0.2) is 36.4 Å². The van der Waals surface area contributed by atoms with E-state index in [9.17, 15) is 0 Å². The highest BCUT2D eigenvalue weighted by molar-refractivity contribution is 6.30. The van der Waals surface area contributed by atoms with Gasteiger partial charge in [0.15, 0.2) is 5.15 Å². The molecule has 0 spiro atoms. The minimum Gasteiger partial charge on any atom is -0.192 e. The Bertz CT molecular complexity index is 517. The molecule has 2 aromatic rings. The molecule has 1 heterocycles. The molecule has 72 valence electrons. The van der Waals surface area contributed by atoms with E-state index in [0.717, 1.165) is 5.56 Å². The minimum atomic E-state index is 0.136. The molecule has 0 saturated carbocycles. The smallest absolute Gasteiger partial charge is 0.169 e. The average molecular weight is 216 g/mol. The number of benzene rings is 1. The largest absolute Gasteiger partial charge is 0.192 e. The third kappa shape index (κ3) is 1.95. The van der Waals surface area contributed by atoms with E-state index in [2.05, 4.69) is 10.2 Å². The number of nitriles is 1. The molecule has 0 bridgehead atoms. The first-order valence-electron chi connectivity index (χ1n) is 4.30. The minimum absolute atomic E-state index is 0.136. The lowest BCUT2D eigenvalue weighted by Crippen LogP contribution is -1.91. The van der Waals surface area contributed by atoms with Gasteiger partial charge in [-0.2, -0.15) is 5.26 Å². The van der Waals surface area contributed by atoms with Crippen molar-refractivity contribution in [3.05, 3.63) is 47.1 Å². The number of aromatic nitrogens is 2. The second-order valence-corrected chi connectivity index (χ2v) is 3.27. The molecule has 4 heteroatoms. The Morgan fingerprint density at radius 2 is 1.87 bits per heavy atom. The molecule has 1 aromatic heterocycles. The molecule has 0 unspecified atom stereocenters. The van der Waals surface area contributed by atoms with Crippen molar-refractivity contribution in [2.75, 3.05) is 0 Å². The van der Waals surface area contributed by atoms with Gasteiger partial charge < -0.3 is 0 Å². The van der Waals surface area contributed by atoms with E-state index in [-0.39, 0.29) is 5.15 Å². The van der Waals surface area contributed by atoms with Crippen molar-refractivity contribution in [1.82, 2.24) is 10.2 Å². The summed E-state index contributed by atoms with van der Waals surface area (Å²) in [6, 6.07) is 13.1. The molecule has 0 fully saturated rings. The van der Waals surface area contributed by atoms with Gasteiger partial charge in [0, 0.05) is 5.56 Å². The van der Waals surface area contributed by atoms with Crippen LogP contribution >= 0.6 is 11.6 Å². The Labute approximate surface area is 92.0 Å². The SMILES string of the molecule is N#Cc1cc(-c2ccccc2)nnc1Cl. The maximum absolute atomic E-state index is 8.79. The molecule has 0 saturated heterocycles. The molecule has 15 heavy (non-hydrogen) atoms. The Morgan fingerprint density at radius 3 is 2.53 bits per heavy atom. The molecule has 3 nitrogen and oxygen atoms in total. The number of rotatable bonds is 1. The molecule has 0 N–H and O–H groups in total. The van der Waals surface area contributed by atoms with Crippen molar-refractivity contribution < 1.29 is 0 Å². The van der Waals surface area contributed by atoms with Crippen molar-refractivity contribution in [3.8, 4) is 17.3 Å². The standard InChI is InChI=1S/C11H6ClN3/c12-11-9(7-13)6-10(14-15-11)8-4-2-1-3-5-8/h1-6H. The molecular weight excluding hydrogens is 210 g/mol. The van der Waals surface area contributed by atoms with E-state index in [1.54, 1.807) is 6.07 Å². The fourth-order valence-corrected chi connectivity index (χ4v) is 1.34. The molecule has 1 aromatic carbocycles. The van der Waals surface area contributed by atoms with Gasteiger partial charge in [0.05, 0.1) is 11.3 Å². The van der Waals surface area contributed by atoms with Gasteiger partial charge in [0.2, 0.25) is 0 Å². The van der Waals surface area contributed by atoms with Crippen LogP contribution in [0.3, 0.4) is 0 Å². The van der Waals surface area contributed by atoms with Crippen LogP contribution in [0.5, 0.6) is 0 Å². The Balaban J connectivity index is 2.52.